The smallest absolute Gasteiger partial charge is 0.251 e. The Bertz CT molecular complexity index is 1110. The molecule has 8 nitrogen and oxygen atoms in total. The second kappa shape index (κ2) is 9.50. The predicted molar refractivity (Wildman–Crippen MR) is 119 cm³/mol. The van der Waals surface area contributed by atoms with E-state index in [1.54, 1.807) is 17.6 Å². The summed E-state index contributed by atoms with van der Waals surface area (Å²) < 4.78 is 7.53. The zero-order valence-electron chi connectivity index (χ0n) is 18.2. The molecule has 0 bridgehead atoms. The Balaban J connectivity index is 1.49. The molecular formula is C24H28N4O4. The number of benzene rings is 2. The van der Waals surface area contributed by atoms with Crippen LogP contribution in [0.25, 0.3) is 11.0 Å². The summed E-state index contributed by atoms with van der Waals surface area (Å²) in [6.45, 7) is 5.54. The van der Waals surface area contributed by atoms with Gasteiger partial charge in [0.15, 0.2) is 0 Å². The van der Waals surface area contributed by atoms with Crippen molar-refractivity contribution in [2.75, 3.05) is 13.2 Å². The number of nitrogens with zero attached hydrogens (tertiary/aromatic N) is 2. The van der Waals surface area contributed by atoms with Gasteiger partial charge in [-0.2, -0.15) is 0 Å². The molecule has 3 aromatic rings. The minimum Gasteiger partial charge on any atom is -0.380 e. The number of para-hydroxylation sites is 2. The van der Waals surface area contributed by atoms with Crippen molar-refractivity contribution in [1.29, 1.82) is 0 Å². The number of hydrogen-bond acceptors (Lipinski definition) is 5. The SMILES string of the molecule is CC(C)c1nc2ccccc2n1Cc1ccc(C(=O)NC2CCOCC2C(=O)NO)cc1. The number of hydrogen-bond donors (Lipinski definition) is 3. The normalized spacial score (nSPS) is 18.6. The van der Waals surface area contributed by atoms with E-state index in [-0.39, 0.29) is 18.4 Å². The highest BCUT2D eigenvalue weighted by Gasteiger charge is 2.32. The lowest BCUT2D eigenvalue weighted by Gasteiger charge is -2.30. The molecule has 168 valence electrons. The predicted octanol–water partition coefficient (Wildman–Crippen LogP) is 2.85. The quantitative estimate of drug-likeness (QED) is 0.407. The first-order valence-corrected chi connectivity index (χ1v) is 10.8. The minimum atomic E-state index is -0.624. The Labute approximate surface area is 186 Å². The van der Waals surface area contributed by atoms with Crippen molar-refractivity contribution in [2.45, 2.75) is 38.8 Å². The summed E-state index contributed by atoms with van der Waals surface area (Å²) in [7, 11) is 0. The highest BCUT2D eigenvalue weighted by molar-refractivity contribution is 5.95. The van der Waals surface area contributed by atoms with Crippen molar-refractivity contribution < 1.29 is 19.5 Å². The average Bonchev–Trinajstić information content (AvgIpc) is 3.18. The molecule has 0 spiro atoms. The van der Waals surface area contributed by atoms with Crippen molar-refractivity contribution in [2.24, 2.45) is 5.92 Å². The zero-order valence-corrected chi connectivity index (χ0v) is 18.2. The van der Waals surface area contributed by atoms with Gasteiger partial charge >= 0.3 is 0 Å². The summed E-state index contributed by atoms with van der Waals surface area (Å²) in [5.41, 5.74) is 5.30. The second-order valence-corrected chi connectivity index (χ2v) is 8.42. The first-order valence-electron chi connectivity index (χ1n) is 10.8. The van der Waals surface area contributed by atoms with Crippen LogP contribution in [0.2, 0.25) is 0 Å². The number of ether oxygens (including phenoxy) is 1. The van der Waals surface area contributed by atoms with E-state index in [0.717, 1.165) is 22.4 Å². The van der Waals surface area contributed by atoms with Gasteiger partial charge < -0.3 is 14.6 Å². The highest BCUT2D eigenvalue weighted by atomic mass is 16.5. The third kappa shape index (κ3) is 4.51. The van der Waals surface area contributed by atoms with Crippen LogP contribution in [0.3, 0.4) is 0 Å². The highest BCUT2D eigenvalue weighted by Crippen LogP contribution is 2.23. The van der Waals surface area contributed by atoms with Gasteiger partial charge in [-0.15, -0.1) is 0 Å². The fourth-order valence-corrected chi connectivity index (χ4v) is 4.15. The van der Waals surface area contributed by atoms with E-state index in [4.69, 9.17) is 14.9 Å². The lowest BCUT2D eigenvalue weighted by atomic mass is 9.94. The van der Waals surface area contributed by atoms with Crippen LogP contribution < -0.4 is 10.8 Å². The van der Waals surface area contributed by atoms with Crippen LogP contribution in [0.5, 0.6) is 0 Å². The molecule has 4 rings (SSSR count). The van der Waals surface area contributed by atoms with Gasteiger partial charge in [-0.3, -0.25) is 14.8 Å². The number of nitrogens with one attached hydrogen (secondary N) is 2. The Morgan fingerprint density at radius 1 is 1.19 bits per heavy atom. The van der Waals surface area contributed by atoms with Crippen molar-refractivity contribution >= 4 is 22.8 Å². The van der Waals surface area contributed by atoms with E-state index in [1.165, 1.54) is 0 Å². The van der Waals surface area contributed by atoms with Crippen molar-refractivity contribution in [1.82, 2.24) is 20.3 Å². The molecule has 2 aromatic carbocycles. The van der Waals surface area contributed by atoms with Gasteiger partial charge in [0.25, 0.3) is 11.8 Å². The maximum Gasteiger partial charge on any atom is 0.251 e. The van der Waals surface area contributed by atoms with Crippen LogP contribution >= 0.6 is 0 Å². The van der Waals surface area contributed by atoms with Gasteiger partial charge in [0.1, 0.15) is 5.82 Å². The Morgan fingerprint density at radius 3 is 2.66 bits per heavy atom. The van der Waals surface area contributed by atoms with E-state index < -0.39 is 17.9 Å². The molecular weight excluding hydrogens is 408 g/mol. The second-order valence-electron chi connectivity index (χ2n) is 8.42. The van der Waals surface area contributed by atoms with Gasteiger partial charge in [0, 0.05) is 30.7 Å². The van der Waals surface area contributed by atoms with Crippen molar-refractivity contribution in [3.8, 4) is 0 Å². The van der Waals surface area contributed by atoms with Crippen LogP contribution in [-0.4, -0.2) is 45.8 Å². The lowest BCUT2D eigenvalue weighted by molar-refractivity contribution is -0.138. The Hall–Kier alpha value is -3.23. The molecule has 0 saturated carbocycles. The maximum atomic E-state index is 12.8. The standard InChI is InChI=1S/C24H28N4O4/c1-15(2)22-25-20-5-3-4-6-21(20)28(22)13-16-7-9-17(10-8-16)23(29)26-19-11-12-32-14-18(19)24(30)27-31/h3-10,15,18-19,31H,11-14H2,1-2H3,(H,26,29)(H,27,30). The third-order valence-corrected chi connectivity index (χ3v) is 5.88. The van der Waals surface area contributed by atoms with Gasteiger partial charge in [0.05, 0.1) is 23.6 Å². The van der Waals surface area contributed by atoms with Crippen LogP contribution in [0.1, 0.15) is 47.9 Å². The summed E-state index contributed by atoms with van der Waals surface area (Å²) >= 11 is 0. The molecule has 32 heavy (non-hydrogen) atoms. The number of carbonyl (C=O) groups is 2. The summed E-state index contributed by atoms with van der Waals surface area (Å²) in [5.74, 6) is -0.119. The number of hydroxylamine groups is 1. The molecule has 3 N–H and O–H groups in total. The zero-order chi connectivity index (χ0) is 22.7. The molecule has 0 aliphatic carbocycles. The van der Waals surface area contributed by atoms with Gasteiger partial charge in [-0.1, -0.05) is 38.1 Å². The minimum absolute atomic E-state index is 0.160. The molecule has 0 radical (unpaired) electrons. The first kappa shape index (κ1) is 22.0. The lowest BCUT2D eigenvalue weighted by Crippen LogP contribution is -2.51. The fraction of sp³-hybridized carbons (Fsp3) is 0.375. The number of fused-ring (bicyclic) bond motifs is 1. The number of imidazole rings is 1. The monoisotopic (exact) mass is 436 g/mol. The Morgan fingerprint density at radius 2 is 1.94 bits per heavy atom. The van der Waals surface area contributed by atoms with E-state index >= 15 is 0 Å². The summed E-state index contributed by atoms with van der Waals surface area (Å²) in [6.07, 6.45) is 0.508. The van der Waals surface area contributed by atoms with Crippen molar-refractivity contribution in [3.05, 3.63) is 65.5 Å². The van der Waals surface area contributed by atoms with Gasteiger partial charge in [0.2, 0.25) is 0 Å². The summed E-state index contributed by atoms with van der Waals surface area (Å²) in [6, 6.07) is 15.2. The molecule has 1 fully saturated rings. The van der Waals surface area contributed by atoms with Gasteiger partial charge in [-0.05, 0) is 36.2 Å². The average molecular weight is 437 g/mol. The molecule has 8 heteroatoms. The topological polar surface area (TPSA) is 105 Å². The van der Waals surface area contributed by atoms with Crippen LogP contribution in [0, 0.1) is 5.92 Å². The van der Waals surface area contributed by atoms with E-state index in [1.807, 2.05) is 30.3 Å². The molecule has 2 heterocycles. The van der Waals surface area contributed by atoms with Gasteiger partial charge in [-0.25, -0.2) is 10.5 Å². The maximum absolute atomic E-state index is 12.8. The molecule has 1 aliphatic rings. The van der Waals surface area contributed by atoms with Crippen LogP contribution in [0.4, 0.5) is 0 Å². The van der Waals surface area contributed by atoms with Crippen LogP contribution in [-0.2, 0) is 16.1 Å². The summed E-state index contributed by atoms with van der Waals surface area (Å²) in [4.78, 5) is 29.4. The summed E-state index contributed by atoms with van der Waals surface area (Å²) in [5, 5.41) is 11.8. The number of carbonyl (C=O) groups excluding carboxylic acids is 2. The molecule has 2 unspecified atom stereocenters. The molecule has 1 aliphatic heterocycles. The van der Waals surface area contributed by atoms with Crippen LogP contribution in [0.15, 0.2) is 48.5 Å². The molecule has 2 amide bonds. The first-order chi connectivity index (χ1) is 15.5. The number of aromatic nitrogens is 2. The molecule has 1 aromatic heterocycles. The van der Waals surface area contributed by atoms with E-state index in [2.05, 4.69) is 29.8 Å². The van der Waals surface area contributed by atoms with Crippen molar-refractivity contribution in [3.63, 3.8) is 0 Å². The molecule has 2 atom stereocenters. The number of amides is 2. The molecule has 1 saturated heterocycles. The Kier molecular flexibility index (Phi) is 6.53. The third-order valence-electron chi connectivity index (χ3n) is 5.88. The van der Waals surface area contributed by atoms with E-state index in [0.29, 0.717) is 25.1 Å². The number of rotatable bonds is 6. The largest absolute Gasteiger partial charge is 0.380 e. The van der Waals surface area contributed by atoms with E-state index in [9.17, 15) is 9.59 Å². The fourth-order valence-electron chi connectivity index (χ4n) is 4.15.